The van der Waals surface area contributed by atoms with E-state index >= 15 is 0 Å². The minimum absolute atomic E-state index is 0.000915. The Bertz CT molecular complexity index is 441. The third-order valence-corrected chi connectivity index (χ3v) is 3.05. The minimum atomic E-state index is -0.942. The molecule has 17 heavy (non-hydrogen) atoms. The van der Waals surface area contributed by atoms with Crippen molar-refractivity contribution in [3.8, 4) is 0 Å². The summed E-state index contributed by atoms with van der Waals surface area (Å²) in [5, 5.41) is 15.1. The van der Waals surface area contributed by atoms with Crippen LogP contribution in [0.25, 0.3) is 0 Å². The molecular formula is C11H12ClFN2O2. The molecule has 1 aromatic carbocycles. The van der Waals surface area contributed by atoms with E-state index in [9.17, 15) is 9.18 Å². The summed E-state index contributed by atoms with van der Waals surface area (Å²) in [5.41, 5.74) is 0.663. The van der Waals surface area contributed by atoms with Gasteiger partial charge in [-0.3, -0.25) is 4.79 Å². The van der Waals surface area contributed by atoms with Crippen molar-refractivity contribution >= 4 is 17.6 Å². The number of hydrogen-bond donors (Lipinski definition) is 3. The summed E-state index contributed by atoms with van der Waals surface area (Å²) in [7, 11) is 0. The SMILES string of the molecule is O=C(O)C1NCCNC1c1ccc(F)c(Cl)c1. The van der Waals surface area contributed by atoms with Gasteiger partial charge in [-0.05, 0) is 17.7 Å². The van der Waals surface area contributed by atoms with E-state index in [1.165, 1.54) is 12.1 Å². The largest absolute Gasteiger partial charge is 0.480 e. The van der Waals surface area contributed by atoms with Gasteiger partial charge in [0.1, 0.15) is 11.9 Å². The van der Waals surface area contributed by atoms with Crippen molar-refractivity contribution in [2.45, 2.75) is 12.1 Å². The number of carboxylic acids is 1. The van der Waals surface area contributed by atoms with Crippen molar-refractivity contribution in [1.82, 2.24) is 10.6 Å². The number of carbonyl (C=O) groups is 1. The molecule has 1 saturated heterocycles. The van der Waals surface area contributed by atoms with E-state index < -0.39 is 23.9 Å². The van der Waals surface area contributed by atoms with Gasteiger partial charge < -0.3 is 15.7 Å². The van der Waals surface area contributed by atoms with Crippen molar-refractivity contribution < 1.29 is 14.3 Å². The summed E-state index contributed by atoms with van der Waals surface area (Å²) in [6.45, 7) is 1.24. The number of aliphatic carboxylic acids is 1. The van der Waals surface area contributed by atoms with Crippen LogP contribution >= 0.6 is 11.6 Å². The average molecular weight is 259 g/mol. The number of piperazine rings is 1. The third kappa shape index (κ3) is 2.57. The molecule has 0 aromatic heterocycles. The van der Waals surface area contributed by atoms with E-state index in [0.717, 1.165) is 0 Å². The zero-order chi connectivity index (χ0) is 12.4. The summed E-state index contributed by atoms with van der Waals surface area (Å²) in [6, 6.07) is 3.11. The van der Waals surface area contributed by atoms with Gasteiger partial charge in [0.15, 0.2) is 0 Å². The number of hydrogen-bond acceptors (Lipinski definition) is 3. The number of rotatable bonds is 2. The topological polar surface area (TPSA) is 61.4 Å². The van der Waals surface area contributed by atoms with E-state index in [1.807, 2.05) is 0 Å². The molecule has 92 valence electrons. The summed E-state index contributed by atoms with van der Waals surface area (Å²) in [6.07, 6.45) is 0. The monoisotopic (exact) mass is 258 g/mol. The van der Waals surface area contributed by atoms with Gasteiger partial charge in [0.05, 0.1) is 11.1 Å². The van der Waals surface area contributed by atoms with Crippen LogP contribution in [0.2, 0.25) is 5.02 Å². The van der Waals surface area contributed by atoms with Gasteiger partial charge in [-0.1, -0.05) is 17.7 Å². The van der Waals surface area contributed by atoms with Crippen LogP contribution < -0.4 is 10.6 Å². The van der Waals surface area contributed by atoms with Crippen LogP contribution in [0.4, 0.5) is 4.39 Å². The maximum Gasteiger partial charge on any atom is 0.322 e. The van der Waals surface area contributed by atoms with Gasteiger partial charge in [0.25, 0.3) is 0 Å². The summed E-state index contributed by atoms with van der Waals surface area (Å²) in [4.78, 5) is 11.1. The van der Waals surface area contributed by atoms with Crippen molar-refractivity contribution in [3.05, 3.63) is 34.6 Å². The molecule has 6 heteroatoms. The first-order valence-corrected chi connectivity index (χ1v) is 5.62. The summed E-state index contributed by atoms with van der Waals surface area (Å²) < 4.78 is 13.0. The third-order valence-electron chi connectivity index (χ3n) is 2.76. The normalized spacial score (nSPS) is 24.6. The first kappa shape index (κ1) is 12.3. The Morgan fingerprint density at radius 3 is 2.76 bits per heavy atom. The molecule has 2 rings (SSSR count). The van der Waals surface area contributed by atoms with Crippen LogP contribution in [-0.2, 0) is 4.79 Å². The molecule has 4 nitrogen and oxygen atoms in total. The van der Waals surface area contributed by atoms with Gasteiger partial charge in [-0.15, -0.1) is 0 Å². The molecular weight excluding hydrogens is 247 g/mol. The minimum Gasteiger partial charge on any atom is -0.480 e. The van der Waals surface area contributed by atoms with Gasteiger partial charge in [0.2, 0.25) is 0 Å². The molecule has 0 saturated carbocycles. The molecule has 0 radical (unpaired) electrons. The molecule has 1 fully saturated rings. The number of halogens is 2. The molecule has 0 amide bonds. The van der Waals surface area contributed by atoms with E-state index in [0.29, 0.717) is 18.7 Å². The zero-order valence-electron chi connectivity index (χ0n) is 8.91. The Morgan fingerprint density at radius 2 is 2.12 bits per heavy atom. The Balaban J connectivity index is 2.29. The molecule has 0 aliphatic carbocycles. The van der Waals surface area contributed by atoms with Crippen LogP contribution in [0.15, 0.2) is 18.2 Å². The molecule has 2 unspecified atom stereocenters. The standard InChI is InChI=1S/C11H12ClFN2O2/c12-7-5-6(1-2-8(7)13)9-10(11(16)17)15-4-3-14-9/h1-2,5,9-10,14-15H,3-4H2,(H,16,17). The van der Waals surface area contributed by atoms with Crippen LogP contribution in [-0.4, -0.2) is 30.2 Å². The predicted molar refractivity (Wildman–Crippen MR) is 61.6 cm³/mol. The molecule has 1 aliphatic rings. The molecule has 1 aliphatic heterocycles. The number of benzene rings is 1. The van der Waals surface area contributed by atoms with Crippen molar-refractivity contribution in [2.24, 2.45) is 0 Å². The summed E-state index contributed by atoms with van der Waals surface area (Å²) in [5.74, 6) is -1.45. The van der Waals surface area contributed by atoms with Crippen LogP contribution in [0.1, 0.15) is 11.6 Å². The van der Waals surface area contributed by atoms with Crippen LogP contribution in [0, 0.1) is 5.82 Å². The lowest BCUT2D eigenvalue weighted by atomic mass is 9.97. The Kier molecular flexibility index (Phi) is 3.61. The lowest BCUT2D eigenvalue weighted by molar-refractivity contribution is -0.140. The lowest BCUT2D eigenvalue weighted by Crippen LogP contribution is -2.54. The van der Waals surface area contributed by atoms with Gasteiger partial charge in [-0.2, -0.15) is 0 Å². The molecule has 2 atom stereocenters. The van der Waals surface area contributed by atoms with Crippen LogP contribution in [0.3, 0.4) is 0 Å². The fourth-order valence-corrected chi connectivity index (χ4v) is 2.13. The Labute approximate surface area is 103 Å². The molecule has 1 heterocycles. The maximum atomic E-state index is 13.0. The lowest BCUT2D eigenvalue weighted by Gasteiger charge is -2.31. The number of carboxylic acid groups (broad SMARTS) is 1. The summed E-state index contributed by atoms with van der Waals surface area (Å²) >= 11 is 5.69. The highest BCUT2D eigenvalue weighted by Gasteiger charge is 2.31. The predicted octanol–water partition coefficient (Wildman–Crippen LogP) is 1.17. The van der Waals surface area contributed by atoms with Crippen molar-refractivity contribution in [3.63, 3.8) is 0 Å². The second-order valence-electron chi connectivity index (χ2n) is 3.88. The number of nitrogens with one attached hydrogen (secondary N) is 2. The Hall–Kier alpha value is -1.17. The van der Waals surface area contributed by atoms with Crippen molar-refractivity contribution in [2.75, 3.05) is 13.1 Å². The molecule has 0 spiro atoms. The highest BCUT2D eigenvalue weighted by atomic mass is 35.5. The first-order valence-electron chi connectivity index (χ1n) is 5.24. The second-order valence-corrected chi connectivity index (χ2v) is 4.28. The second kappa shape index (κ2) is 5.00. The zero-order valence-corrected chi connectivity index (χ0v) is 9.67. The fourth-order valence-electron chi connectivity index (χ4n) is 1.94. The van der Waals surface area contributed by atoms with Crippen molar-refractivity contribution in [1.29, 1.82) is 0 Å². The van der Waals surface area contributed by atoms with E-state index in [2.05, 4.69) is 10.6 Å². The molecule has 3 N–H and O–H groups in total. The van der Waals surface area contributed by atoms with E-state index in [4.69, 9.17) is 16.7 Å². The smallest absolute Gasteiger partial charge is 0.322 e. The Morgan fingerprint density at radius 1 is 1.41 bits per heavy atom. The van der Waals surface area contributed by atoms with Gasteiger partial charge in [0, 0.05) is 13.1 Å². The van der Waals surface area contributed by atoms with Gasteiger partial charge >= 0.3 is 5.97 Å². The van der Waals surface area contributed by atoms with E-state index in [-0.39, 0.29) is 5.02 Å². The average Bonchev–Trinajstić information content (AvgIpc) is 2.32. The molecule has 0 bridgehead atoms. The first-order chi connectivity index (χ1) is 8.09. The molecule has 1 aromatic rings. The van der Waals surface area contributed by atoms with Crippen LogP contribution in [0.5, 0.6) is 0 Å². The highest BCUT2D eigenvalue weighted by Crippen LogP contribution is 2.24. The van der Waals surface area contributed by atoms with E-state index in [1.54, 1.807) is 6.07 Å². The maximum absolute atomic E-state index is 13.0. The van der Waals surface area contributed by atoms with Gasteiger partial charge in [-0.25, -0.2) is 4.39 Å². The quantitative estimate of drug-likeness (QED) is 0.745. The fraction of sp³-hybridized carbons (Fsp3) is 0.364. The highest BCUT2D eigenvalue weighted by molar-refractivity contribution is 6.30.